The van der Waals surface area contributed by atoms with Gasteiger partial charge in [0.15, 0.2) is 0 Å². The van der Waals surface area contributed by atoms with Crippen LogP contribution >= 0.6 is 15.9 Å². The minimum atomic E-state index is 0.335. The van der Waals surface area contributed by atoms with E-state index in [1.165, 1.54) is 62.1 Å². The number of aliphatic hydroxyl groups is 1. The van der Waals surface area contributed by atoms with Gasteiger partial charge in [-0.05, 0) is 12.1 Å². The summed E-state index contributed by atoms with van der Waals surface area (Å²) in [7, 11) is 0. The van der Waals surface area contributed by atoms with E-state index in [-0.39, 0.29) is 0 Å². The summed E-state index contributed by atoms with van der Waals surface area (Å²) in [5, 5.41) is 9.07. The number of quaternary nitrogens is 3. The van der Waals surface area contributed by atoms with Gasteiger partial charge in [0, 0.05) is 22.9 Å². The molecule has 2 saturated heterocycles. The molecule has 5 heteroatoms. The summed E-state index contributed by atoms with van der Waals surface area (Å²) in [6.45, 7) is 10.1. The average molecular weight is 385 g/mol. The molecule has 4 nitrogen and oxygen atoms in total. The summed E-state index contributed by atoms with van der Waals surface area (Å²) in [5.41, 5.74) is 1.45. The molecule has 0 radical (unpaired) electrons. The van der Waals surface area contributed by atoms with Gasteiger partial charge >= 0.3 is 0 Å². The molecule has 2 fully saturated rings. The third-order valence-electron chi connectivity index (χ3n) is 5.68. The van der Waals surface area contributed by atoms with E-state index in [2.05, 4.69) is 40.2 Å². The number of nitrogens with one attached hydrogen (secondary N) is 3. The summed E-state index contributed by atoms with van der Waals surface area (Å²) >= 11 is 3.57. The average Bonchev–Trinajstić information content (AvgIpc) is 2.57. The highest BCUT2D eigenvalue weighted by molar-refractivity contribution is 9.10. The van der Waals surface area contributed by atoms with Gasteiger partial charge in [-0.2, -0.15) is 0 Å². The monoisotopic (exact) mass is 384 g/mol. The topological polar surface area (TPSA) is 33.6 Å². The second-order valence-electron chi connectivity index (χ2n) is 7.21. The van der Waals surface area contributed by atoms with Crippen LogP contribution in [0, 0.1) is 0 Å². The highest BCUT2D eigenvalue weighted by Gasteiger charge is 2.33. The Labute approximate surface area is 148 Å². The Morgan fingerprint density at radius 1 is 1.00 bits per heavy atom. The van der Waals surface area contributed by atoms with Crippen LogP contribution in [0.5, 0.6) is 0 Å². The molecule has 1 aromatic carbocycles. The minimum absolute atomic E-state index is 0.335. The second-order valence-corrected chi connectivity index (χ2v) is 8.13. The van der Waals surface area contributed by atoms with Gasteiger partial charge in [0.05, 0.1) is 25.7 Å². The van der Waals surface area contributed by atoms with Crippen LogP contribution in [0.15, 0.2) is 28.7 Å². The van der Waals surface area contributed by atoms with Crippen LogP contribution < -0.4 is 14.7 Å². The molecule has 0 saturated carbocycles. The van der Waals surface area contributed by atoms with Crippen LogP contribution in [0.3, 0.4) is 0 Å². The summed E-state index contributed by atoms with van der Waals surface area (Å²) in [6.07, 6.45) is 2.74. The van der Waals surface area contributed by atoms with E-state index in [0.717, 1.165) is 19.1 Å². The largest absolute Gasteiger partial charge is 0.391 e. The van der Waals surface area contributed by atoms with Crippen molar-refractivity contribution in [3.05, 3.63) is 34.3 Å². The Bertz CT molecular complexity index is 483. The van der Waals surface area contributed by atoms with Crippen molar-refractivity contribution >= 4 is 15.9 Å². The fourth-order valence-corrected chi connectivity index (χ4v) is 4.73. The van der Waals surface area contributed by atoms with E-state index in [1.807, 2.05) is 4.90 Å². The lowest BCUT2D eigenvalue weighted by Crippen LogP contribution is -3.30. The molecule has 0 bridgehead atoms. The second kappa shape index (κ2) is 8.58. The first-order valence-corrected chi connectivity index (χ1v) is 9.91. The van der Waals surface area contributed by atoms with E-state index in [9.17, 15) is 0 Å². The van der Waals surface area contributed by atoms with Crippen LogP contribution in [0.2, 0.25) is 0 Å². The summed E-state index contributed by atoms with van der Waals surface area (Å²) < 4.78 is 1.19. The van der Waals surface area contributed by atoms with E-state index in [0.29, 0.717) is 6.61 Å². The quantitative estimate of drug-likeness (QED) is 0.455. The van der Waals surface area contributed by atoms with Crippen molar-refractivity contribution in [3.63, 3.8) is 0 Å². The number of piperazine rings is 1. The van der Waals surface area contributed by atoms with E-state index < -0.39 is 0 Å². The first kappa shape index (κ1) is 17.4. The van der Waals surface area contributed by atoms with Gasteiger partial charge in [0.25, 0.3) is 0 Å². The van der Waals surface area contributed by atoms with Crippen LogP contribution in [0.25, 0.3) is 0 Å². The van der Waals surface area contributed by atoms with Crippen LogP contribution in [0.1, 0.15) is 18.4 Å². The number of halogens is 1. The van der Waals surface area contributed by atoms with Gasteiger partial charge < -0.3 is 19.8 Å². The number of aliphatic hydroxyl groups excluding tert-OH is 1. The molecule has 128 valence electrons. The maximum atomic E-state index is 9.07. The lowest BCUT2D eigenvalue weighted by molar-refractivity contribution is -1.03. The molecule has 0 unspecified atom stereocenters. The molecule has 0 amide bonds. The fraction of sp³-hybridized carbons (Fsp3) is 0.667. The third-order valence-corrected chi connectivity index (χ3v) is 6.17. The van der Waals surface area contributed by atoms with Gasteiger partial charge in [-0.15, -0.1) is 0 Å². The molecule has 2 aliphatic rings. The standard InChI is InChI=1S/C18H28BrN3O/c19-17-3-1-2-16(14-17)15-21-6-4-18(5-7-21)22-10-8-20(9-11-22)12-13-23/h1-3,14,18,23H,4-13,15H2/p+3. The number of likely N-dealkylation sites (tertiary alicyclic amines) is 1. The minimum Gasteiger partial charge on any atom is -0.391 e. The maximum Gasteiger partial charge on any atom is 0.127 e. The first-order valence-electron chi connectivity index (χ1n) is 9.11. The predicted octanol–water partition coefficient (Wildman–Crippen LogP) is -2.23. The van der Waals surface area contributed by atoms with Gasteiger partial charge in [-0.25, -0.2) is 0 Å². The van der Waals surface area contributed by atoms with Crippen molar-refractivity contribution in [3.8, 4) is 0 Å². The van der Waals surface area contributed by atoms with Crippen molar-refractivity contribution in [2.75, 3.05) is 52.4 Å². The molecule has 0 spiro atoms. The molecule has 3 rings (SSSR count). The molecule has 4 N–H and O–H groups in total. The number of benzene rings is 1. The van der Waals surface area contributed by atoms with Crippen LogP contribution in [0.4, 0.5) is 0 Å². The van der Waals surface area contributed by atoms with E-state index in [4.69, 9.17) is 5.11 Å². The van der Waals surface area contributed by atoms with E-state index in [1.54, 1.807) is 9.80 Å². The van der Waals surface area contributed by atoms with Gasteiger partial charge in [-0.1, -0.05) is 28.1 Å². The fourth-order valence-electron chi connectivity index (χ4n) is 4.29. The number of hydrogen-bond acceptors (Lipinski definition) is 1. The molecule has 0 atom stereocenters. The van der Waals surface area contributed by atoms with Gasteiger partial charge in [0.2, 0.25) is 0 Å². The zero-order valence-electron chi connectivity index (χ0n) is 14.0. The molecular weight excluding hydrogens is 354 g/mol. The molecular formula is C18H31BrN3O+3. The van der Waals surface area contributed by atoms with Crippen LogP contribution in [-0.4, -0.2) is 63.6 Å². The molecule has 2 aliphatic heterocycles. The number of piperidine rings is 1. The van der Waals surface area contributed by atoms with Crippen molar-refractivity contribution in [2.24, 2.45) is 0 Å². The zero-order valence-corrected chi connectivity index (χ0v) is 15.6. The smallest absolute Gasteiger partial charge is 0.127 e. The molecule has 0 aromatic heterocycles. The normalized spacial score (nSPS) is 31.9. The maximum absolute atomic E-state index is 9.07. The Kier molecular flexibility index (Phi) is 6.48. The Hall–Kier alpha value is -0.460. The predicted molar refractivity (Wildman–Crippen MR) is 94.9 cm³/mol. The Balaban J connectivity index is 1.42. The highest BCUT2D eigenvalue weighted by atomic mass is 79.9. The zero-order chi connectivity index (χ0) is 16.1. The van der Waals surface area contributed by atoms with E-state index >= 15 is 0 Å². The van der Waals surface area contributed by atoms with Crippen molar-refractivity contribution < 1.29 is 19.8 Å². The van der Waals surface area contributed by atoms with Crippen molar-refractivity contribution in [1.29, 1.82) is 0 Å². The first-order chi connectivity index (χ1) is 11.2. The third kappa shape index (κ3) is 5.00. The molecule has 23 heavy (non-hydrogen) atoms. The SMILES string of the molecule is OCC[NH+]1CC[NH+](C2CC[NH+](Cc3cccc(Br)c3)CC2)CC1. The summed E-state index contributed by atoms with van der Waals surface area (Å²) in [4.78, 5) is 5.16. The molecule has 2 heterocycles. The Morgan fingerprint density at radius 2 is 1.74 bits per heavy atom. The Morgan fingerprint density at radius 3 is 2.39 bits per heavy atom. The lowest BCUT2D eigenvalue weighted by Gasteiger charge is -2.37. The highest BCUT2D eigenvalue weighted by Crippen LogP contribution is 2.11. The summed E-state index contributed by atoms with van der Waals surface area (Å²) in [6, 6.07) is 9.62. The number of rotatable bonds is 5. The lowest BCUT2D eigenvalue weighted by atomic mass is 10.0. The molecule has 1 aromatic rings. The summed E-state index contributed by atoms with van der Waals surface area (Å²) in [5.74, 6) is 0. The van der Waals surface area contributed by atoms with Gasteiger partial charge in [-0.3, -0.25) is 0 Å². The van der Waals surface area contributed by atoms with Crippen LogP contribution in [-0.2, 0) is 6.54 Å². The van der Waals surface area contributed by atoms with Crippen molar-refractivity contribution in [1.82, 2.24) is 0 Å². The number of hydrogen-bond donors (Lipinski definition) is 4. The van der Waals surface area contributed by atoms with Crippen molar-refractivity contribution in [2.45, 2.75) is 25.4 Å². The molecule has 0 aliphatic carbocycles. The van der Waals surface area contributed by atoms with Gasteiger partial charge in [0.1, 0.15) is 39.3 Å².